The maximum atomic E-state index is 6.19. The summed E-state index contributed by atoms with van der Waals surface area (Å²) < 4.78 is 9.74. The molecule has 0 saturated heterocycles. The first-order chi connectivity index (χ1) is 11.2. The number of nitrogens with zero attached hydrogens (tertiary/aromatic N) is 5. The highest BCUT2D eigenvalue weighted by molar-refractivity contribution is 5.85. The Morgan fingerprint density at radius 2 is 2.12 bits per heavy atom. The van der Waals surface area contributed by atoms with E-state index in [1.54, 1.807) is 21.6 Å². The largest absolute Gasteiger partial charge is 0.473 e. The summed E-state index contributed by atoms with van der Waals surface area (Å²) in [5.41, 5.74) is 8.67. The summed E-state index contributed by atoms with van der Waals surface area (Å²) >= 11 is 0. The number of aryl methyl sites for hydroxylation is 1. The lowest BCUT2D eigenvalue weighted by molar-refractivity contribution is 0.140. The fraction of sp³-hybridized carbons (Fsp3) is 0.438. The molecular weight excluding hydrogens is 328 g/mol. The third-order valence-corrected chi connectivity index (χ3v) is 4.30. The standard InChI is InChI=1S/C16H20N6O.ClH/c1-21-9-11(8-19-21)14-10-22-15(5-6-18-22)16(20-14)23-13-4-2-3-12(17)7-13;/h5-6,8-10,12-13H,2-4,7,17H2,1H3;1H/t12-,13+;/m1./s1. The van der Waals surface area contributed by atoms with Crippen LogP contribution in [0.1, 0.15) is 25.7 Å². The molecule has 2 atom stereocenters. The first kappa shape index (κ1) is 16.7. The van der Waals surface area contributed by atoms with Gasteiger partial charge in [0.1, 0.15) is 11.6 Å². The minimum Gasteiger partial charge on any atom is -0.473 e. The predicted molar refractivity (Wildman–Crippen MR) is 93.3 cm³/mol. The average Bonchev–Trinajstić information content (AvgIpc) is 3.16. The first-order valence-corrected chi connectivity index (χ1v) is 7.95. The van der Waals surface area contributed by atoms with Gasteiger partial charge >= 0.3 is 0 Å². The molecule has 3 aromatic rings. The van der Waals surface area contributed by atoms with E-state index in [0.29, 0.717) is 5.88 Å². The van der Waals surface area contributed by atoms with Crippen LogP contribution in [0.5, 0.6) is 5.88 Å². The number of hydrogen-bond acceptors (Lipinski definition) is 5. The lowest BCUT2D eigenvalue weighted by atomic mass is 9.94. The molecule has 1 saturated carbocycles. The highest BCUT2D eigenvalue weighted by atomic mass is 35.5. The Morgan fingerprint density at radius 1 is 1.25 bits per heavy atom. The van der Waals surface area contributed by atoms with Gasteiger partial charge in [0.2, 0.25) is 5.88 Å². The fourth-order valence-electron chi connectivity index (χ4n) is 3.12. The van der Waals surface area contributed by atoms with Gasteiger partial charge in [-0.15, -0.1) is 12.4 Å². The second kappa shape index (κ2) is 6.78. The fourth-order valence-corrected chi connectivity index (χ4v) is 3.12. The Balaban J connectivity index is 0.00000169. The summed E-state index contributed by atoms with van der Waals surface area (Å²) in [5, 5.41) is 8.53. The van der Waals surface area contributed by atoms with Crippen molar-refractivity contribution >= 4 is 17.9 Å². The van der Waals surface area contributed by atoms with E-state index in [1.807, 2.05) is 25.5 Å². The molecule has 128 valence electrons. The third-order valence-electron chi connectivity index (χ3n) is 4.30. The van der Waals surface area contributed by atoms with E-state index in [2.05, 4.69) is 10.2 Å². The summed E-state index contributed by atoms with van der Waals surface area (Å²) in [6, 6.07) is 2.13. The average molecular weight is 349 g/mol. The van der Waals surface area contributed by atoms with Gasteiger partial charge in [0.25, 0.3) is 0 Å². The zero-order valence-corrected chi connectivity index (χ0v) is 14.3. The molecule has 2 N–H and O–H groups in total. The van der Waals surface area contributed by atoms with E-state index in [-0.39, 0.29) is 24.6 Å². The molecular formula is C16H21ClN6O. The quantitative estimate of drug-likeness (QED) is 0.784. The van der Waals surface area contributed by atoms with Gasteiger partial charge in [-0.3, -0.25) is 4.68 Å². The van der Waals surface area contributed by atoms with Crippen molar-refractivity contribution in [3.63, 3.8) is 0 Å². The van der Waals surface area contributed by atoms with Crippen molar-refractivity contribution in [2.24, 2.45) is 12.8 Å². The van der Waals surface area contributed by atoms with Crippen LogP contribution in [0.2, 0.25) is 0 Å². The van der Waals surface area contributed by atoms with E-state index in [9.17, 15) is 0 Å². The Hall–Kier alpha value is -2.12. The van der Waals surface area contributed by atoms with Crippen LogP contribution in [0.4, 0.5) is 0 Å². The molecule has 8 heteroatoms. The minimum absolute atomic E-state index is 0. The normalized spacial score (nSPS) is 20.8. The summed E-state index contributed by atoms with van der Waals surface area (Å²) in [5.74, 6) is 0.614. The molecule has 0 aromatic carbocycles. The molecule has 7 nitrogen and oxygen atoms in total. The molecule has 0 spiro atoms. The number of fused-ring (bicyclic) bond motifs is 1. The van der Waals surface area contributed by atoms with Crippen molar-refractivity contribution in [1.29, 1.82) is 0 Å². The van der Waals surface area contributed by atoms with E-state index in [0.717, 1.165) is 42.5 Å². The van der Waals surface area contributed by atoms with Gasteiger partial charge in [-0.25, -0.2) is 9.50 Å². The molecule has 1 aliphatic rings. The van der Waals surface area contributed by atoms with Gasteiger partial charge in [-0.2, -0.15) is 10.2 Å². The highest BCUT2D eigenvalue weighted by Gasteiger charge is 2.22. The number of ether oxygens (including phenoxy) is 1. The predicted octanol–water partition coefficient (Wildman–Crippen LogP) is 2.20. The van der Waals surface area contributed by atoms with E-state index < -0.39 is 0 Å². The molecule has 3 heterocycles. The first-order valence-electron chi connectivity index (χ1n) is 7.95. The number of hydrogen-bond donors (Lipinski definition) is 1. The van der Waals surface area contributed by atoms with E-state index in [4.69, 9.17) is 15.5 Å². The van der Waals surface area contributed by atoms with E-state index >= 15 is 0 Å². The number of halogens is 1. The molecule has 0 unspecified atom stereocenters. The van der Waals surface area contributed by atoms with Crippen LogP contribution in [0.3, 0.4) is 0 Å². The van der Waals surface area contributed by atoms with Crippen LogP contribution >= 0.6 is 12.4 Å². The molecule has 1 aliphatic carbocycles. The zero-order valence-electron chi connectivity index (χ0n) is 13.5. The summed E-state index contributed by atoms with van der Waals surface area (Å²) in [7, 11) is 1.89. The molecule has 3 aromatic heterocycles. The smallest absolute Gasteiger partial charge is 0.240 e. The number of rotatable bonds is 3. The molecule has 4 rings (SSSR count). The molecule has 24 heavy (non-hydrogen) atoms. The summed E-state index contributed by atoms with van der Waals surface area (Å²) in [6.07, 6.45) is 11.6. The van der Waals surface area contributed by atoms with Crippen LogP contribution in [-0.4, -0.2) is 36.5 Å². The number of nitrogens with two attached hydrogens (primary N) is 1. The van der Waals surface area contributed by atoms with Crippen LogP contribution in [-0.2, 0) is 7.05 Å². The Kier molecular flexibility index (Phi) is 4.73. The van der Waals surface area contributed by atoms with Crippen LogP contribution in [0, 0.1) is 0 Å². The topological polar surface area (TPSA) is 83.3 Å². The van der Waals surface area contributed by atoms with Crippen molar-refractivity contribution in [2.75, 3.05) is 0 Å². The van der Waals surface area contributed by atoms with Crippen molar-refractivity contribution in [1.82, 2.24) is 24.4 Å². The number of aromatic nitrogens is 5. The van der Waals surface area contributed by atoms with Gasteiger partial charge in [0.05, 0.1) is 24.3 Å². The summed E-state index contributed by atoms with van der Waals surface area (Å²) in [6.45, 7) is 0. The molecule has 0 aliphatic heterocycles. The van der Waals surface area contributed by atoms with Crippen LogP contribution in [0.15, 0.2) is 30.9 Å². The molecule has 1 fully saturated rings. The second-order valence-corrected chi connectivity index (χ2v) is 6.16. The monoisotopic (exact) mass is 348 g/mol. The maximum absolute atomic E-state index is 6.19. The Morgan fingerprint density at radius 3 is 2.88 bits per heavy atom. The van der Waals surface area contributed by atoms with Crippen molar-refractivity contribution in [3.05, 3.63) is 30.9 Å². The SMILES string of the molecule is Cl.Cn1cc(-c2cn3nccc3c(O[C@H]3CCC[C@@H](N)C3)n2)cn1. The molecule has 0 amide bonds. The van der Waals surface area contributed by atoms with Crippen molar-refractivity contribution in [2.45, 2.75) is 37.8 Å². The lowest BCUT2D eigenvalue weighted by Gasteiger charge is -2.27. The van der Waals surface area contributed by atoms with Crippen LogP contribution in [0.25, 0.3) is 16.8 Å². The summed E-state index contributed by atoms with van der Waals surface area (Å²) in [4.78, 5) is 4.70. The zero-order chi connectivity index (χ0) is 15.8. The van der Waals surface area contributed by atoms with E-state index in [1.165, 1.54) is 0 Å². The van der Waals surface area contributed by atoms with Gasteiger partial charge < -0.3 is 10.5 Å². The van der Waals surface area contributed by atoms with Crippen molar-refractivity contribution in [3.8, 4) is 17.1 Å². The Bertz CT molecular complexity index is 829. The maximum Gasteiger partial charge on any atom is 0.240 e. The van der Waals surface area contributed by atoms with Crippen molar-refractivity contribution < 1.29 is 4.74 Å². The van der Waals surface area contributed by atoms with Gasteiger partial charge in [-0.05, 0) is 31.7 Å². The second-order valence-electron chi connectivity index (χ2n) is 6.16. The molecule has 0 radical (unpaired) electrons. The van der Waals surface area contributed by atoms with Crippen LogP contribution < -0.4 is 10.5 Å². The van der Waals surface area contributed by atoms with Gasteiger partial charge in [0, 0.05) is 24.8 Å². The third kappa shape index (κ3) is 3.22. The highest BCUT2D eigenvalue weighted by Crippen LogP contribution is 2.27. The van der Waals surface area contributed by atoms with Gasteiger partial charge in [0.15, 0.2) is 0 Å². The van der Waals surface area contributed by atoms with Gasteiger partial charge in [-0.1, -0.05) is 0 Å². The molecule has 0 bridgehead atoms. The minimum atomic E-state index is 0. The lowest BCUT2D eigenvalue weighted by Crippen LogP contribution is -2.34. The Labute approximate surface area is 146 Å².